The van der Waals surface area contributed by atoms with Gasteiger partial charge in [0.15, 0.2) is 0 Å². The fourth-order valence-corrected chi connectivity index (χ4v) is 6.53. The molecule has 0 aliphatic carbocycles. The van der Waals surface area contributed by atoms with Crippen LogP contribution >= 0.6 is 0 Å². The Kier molecular flexibility index (Phi) is 7.19. The highest BCUT2D eigenvalue weighted by Gasteiger charge is 2.33. The van der Waals surface area contributed by atoms with Gasteiger partial charge in [-0.2, -0.15) is 0 Å². The van der Waals surface area contributed by atoms with Crippen molar-refractivity contribution in [1.29, 1.82) is 0 Å². The minimum Gasteiger partial charge on any atom is -0.388 e. The molecule has 2 atom stereocenters. The highest BCUT2D eigenvalue weighted by atomic mass is 32.2. The Bertz CT molecular complexity index is 1130. The van der Waals surface area contributed by atoms with E-state index in [0.717, 1.165) is 24.1 Å². The lowest BCUT2D eigenvalue weighted by atomic mass is 9.94. The maximum atomic E-state index is 13.8. The van der Waals surface area contributed by atoms with Crippen LogP contribution < -0.4 is 14.5 Å². The first kappa shape index (κ1) is 24.5. The summed E-state index contributed by atoms with van der Waals surface area (Å²) in [6.07, 6.45) is 1.89. The van der Waals surface area contributed by atoms with Crippen LogP contribution in [0.2, 0.25) is 0 Å². The Morgan fingerprint density at radius 2 is 1.88 bits per heavy atom. The molecular weight excluding hydrogens is 450 g/mol. The third-order valence-corrected chi connectivity index (χ3v) is 8.51. The van der Waals surface area contributed by atoms with Crippen molar-refractivity contribution in [2.75, 3.05) is 28.8 Å². The molecule has 2 aliphatic rings. The average molecular weight is 486 g/mol. The Hall–Kier alpha value is -2.58. The molecule has 7 nitrogen and oxygen atoms in total. The number of aliphatic hydroxyl groups is 1. The van der Waals surface area contributed by atoms with Crippen LogP contribution in [0.4, 0.5) is 11.4 Å². The standard InChI is InChI=1S/C26H35N3O4S/c1-4-19-5-7-20(8-6-19)29(17-18(2)3)34(32,33)22-9-10-24-23(16-22)25(30)12-14-28(24)21-11-13-27-26(31)15-21/h5-10,16,18,21,25,30H,4,11-15,17H2,1-3H3,(H,27,31). The van der Waals surface area contributed by atoms with Gasteiger partial charge in [-0.3, -0.25) is 9.10 Å². The van der Waals surface area contributed by atoms with Gasteiger partial charge in [0.05, 0.1) is 16.7 Å². The normalized spacial score (nSPS) is 20.7. The number of sulfonamides is 1. The predicted molar refractivity (Wildman–Crippen MR) is 135 cm³/mol. The molecule has 1 saturated heterocycles. The van der Waals surface area contributed by atoms with Gasteiger partial charge in [0, 0.05) is 43.3 Å². The second kappa shape index (κ2) is 9.96. The third-order valence-electron chi connectivity index (χ3n) is 6.72. The second-order valence-corrected chi connectivity index (χ2v) is 11.5. The summed E-state index contributed by atoms with van der Waals surface area (Å²) in [4.78, 5) is 14.3. The highest BCUT2D eigenvalue weighted by molar-refractivity contribution is 7.92. The fourth-order valence-electron chi connectivity index (χ4n) is 4.87. The Labute approximate surface area is 202 Å². The summed E-state index contributed by atoms with van der Waals surface area (Å²) in [6.45, 7) is 7.69. The molecule has 0 bridgehead atoms. The van der Waals surface area contributed by atoms with Crippen molar-refractivity contribution in [3.8, 4) is 0 Å². The van der Waals surface area contributed by atoms with Crippen molar-refractivity contribution in [3.05, 3.63) is 53.6 Å². The van der Waals surface area contributed by atoms with Crippen LogP contribution in [0, 0.1) is 5.92 Å². The van der Waals surface area contributed by atoms with E-state index in [0.29, 0.717) is 43.7 Å². The molecule has 1 amide bonds. The third kappa shape index (κ3) is 4.93. The summed E-state index contributed by atoms with van der Waals surface area (Å²) in [6, 6.07) is 12.8. The number of amides is 1. The zero-order chi connectivity index (χ0) is 24.5. The first-order valence-corrected chi connectivity index (χ1v) is 13.6. The molecule has 2 aromatic rings. The molecule has 0 spiro atoms. The van der Waals surface area contributed by atoms with E-state index in [4.69, 9.17) is 0 Å². The van der Waals surface area contributed by atoms with E-state index < -0.39 is 16.1 Å². The number of aliphatic hydroxyl groups excluding tert-OH is 1. The number of piperidine rings is 1. The summed E-state index contributed by atoms with van der Waals surface area (Å²) in [5.41, 5.74) is 3.22. The van der Waals surface area contributed by atoms with Crippen molar-refractivity contribution in [3.63, 3.8) is 0 Å². The Morgan fingerprint density at radius 1 is 1.15 bits per heavy atom. The number of fused-ring (bicyclic) bond motifs is 1. The number of carbonyl (C=O) groups is 1. The smallest absolute Gasteiger partial charge is 0.264 e. The number of hydrogen-bond donors (Lipinski definition) is 2. The van der Waals surface area contributed by atoms with Gasteiger partial charge in [0.25, 0.3) is 10.0 Å². The van der Waals surface area contributed by atoms with Crippen molar-refractivity contribution < 1.29 is 18.3 Å². The SMILES string of the molecule is CCc1ccc(N(CC(C)C)S(=O)(=O)c2ccc3c(c2)C(O)CCN3C2CCNC(=O)C2)cc1. The van der Waals surface area contributed by atoms with Crippen LogP contribution in [0.5, 0.6) is 0 Å². The molecular formula is C26H35N3O4S. The Balaban J connectivity index is 1.70. The lowest BCUT2D eigenvalue weighted by molar-refractivity contribution is -0.122. The summed E-state index contributed by atoms with van der Waals surface area (Å²) in [7, 11) is -3.84. The molecule has 2 aromatic carbocycles. The van der Waals surface area contributed by atoms with Crippen LogP contribution in [-0.4, -0.2) is 45.1 Å². The second-order valence-electron chi connectivity index (χ2n) is 9.67. The van der Waals surface area contributed by atoms with Crippen molar-refractivity contribution in [2.45, 2.75) is 63.5 Å². The van der Waals surface area contributed by atoms with Crippen LogP contribution in [0.15, 0.2) is 47.4 Å². The molecule has 184 valence electrons. The van der Waals surface area contributed by atoms with E-state index in [1.165, 1.54) is 4.31 Å². The summed E-state index contributed by atoms with van der Waals surface area (Å²) < 4.78 is 29.1. The fraction of sp³-hybridized carbons (Fsp3) is 0.500. The number of anilines is 2. The van der Waals surface area contributed by atoms with E-state index in [2.05, 4.69) is 17.1 Å². The number of rotatable bonds is 7. The van der Waals surface area contributed by atoms with Gasteiger partial charge in [-0.25, -0.2) is 8.42 Å². The highest BCUT2D eigenvalue weighted by Crippen LogP contribution is 2.38. The van der Waals surface area contributed by atoms with Crippen molar-refractivity contribution >= 4 is 27.3 Å². The monoisotopic (exact) mass is 485 g/mol. The molecule has 1 fully saturated rings. The average Bonchev–Trinajstić information content (AvgIpc) is 2.82. The first-order valence-electron chi connectivity index (χ1n) is 12.2. The molecule has 2 aliphatic heterocycles. The molecule has 0 aromatic heterocycles. The molecule has 2 unspecified atom stereocenters. The number of carbonyl (C=O) groups excluding carboxylic acids is 1. The predicted octanol–water partition coefficient (Wildman–Crippen LogP) is 3.62. The van der Waals surface area contributed by atoms with Crippen molar-refractivity contribution in [1.82, 2.24) is 5.32 Å². The van der Waals surface area contributed by atoms with E-state index in [1.807, 2.05) is 38.1 Å². The Morgan fingerprint density at radius 3 is 2.53 bits per heavy atom. The molecule has 0 radical (unpaired) electrons. The number of nitrogens with zero attached hydrogens (tertiary/aromatic N) is 2. The van der Waals surface area contributed by atoms with E-state index >= 15 is 0 Å². The van der Waals surface area contributed by atoms with Crippen LogP contribution in [0.1, 0.15) is 57.3 Å². The van der Waals surface area contributed by atoms with Gasteiger partial charge in [0.1, 0.15) is 0 Å². The summed E-state index contributed by atoms with van der Waals surface area (Å²) in [5.74, 6) is 0.165. The van der Waals surface area contributed by atoms with E-state index in [9.17, 15) is 18.3 Å². The molecule has 34 heavy (non-hydrogen) atoms. The van der Waals surface area contributed by atoms with Crippen molar-refractivity contribution in [2.24, 2.45) is 5.92 Å². The van der Waals surface area contributed by atoms with Gasteiger partial charge in [-0.1, -0.05) is 32.9 Å². The lowest BCUT2D eigenvalue weighted by Crippen LogP contribution is -2.48. The topological polar surface area (TPSA) is 89.9 Å². The van der Waals surface area contributed by atoms with Gasteiger partial charge in [-0.15, -0.1) is 0 Å². The number of benzene rings is 2. The zero-order valence-electron chi connectivity index (χ0n) is 20.2. The minimum absolute atomic E-state index is 0.0292. The molecule has 8 heteroatoms. The quantitative estimate of drug-likeness (QED) is 0.625. The summed E-state index contributed by atoms with van der Waals surface area (Å²) >= 11 is 0. The van der Waals surface area contributed by atoms with Gasteiger partial charge < -0.3 is 15.3 Å². The number of nitrogens with one attached hydrogen (secondary N) is 1. The van der Waals surface area contributed by atoms with Crippen LogP contribution in [0.25, 0.3) is 0 Å². The number of aryl methyl sites for hydroxylation is 1. The zero-order valence-corrected chi connectivity index (χ0v) is 21.0. The largest absolute Gasteiger partial charge is 0.388 e. The molecule has 0 saturated carbocycles. The van der Waals surface area contributed by atoms with Crippen LogP contribution in [0.3, 0.4) is 0 Å². The molecule has 2 N–H and O–H groups in total. The van der Waals surface area contributed by atoms with Gasteiger partial charge in [0.2, 0.25) is 5.91 Å². The first-order chi connectivity index (χ1) is 16.2. The number of hydrogen-bond acceptors (Lipinski definition) is 5. The molecule has 4 rings (SSSR count). The maximum Gasteiger partial charge on any atom is 0.264 e. The molecule has 2 heterocycles. The van der Waals surface area contributed by atoms with E-state index in [1.54, 1.807) is 18.2 Å². The minimum atomic E-state index is -3.84. The maximum absolute atomic E-state index is 13.8. The van der Waals surface area contributed by atoms with Crippen LogP contribution in [-0.2, 0) is 21.2 Å². The van der Waals surface area contributed by atoms with Gasteiger partial charge >= 0.3 is 0 Å². The van der Waals surface area contributed by atoms with Gasteiger partial charge in [-0.05, 0) is 61.1 Å². The summed E-state index contributed by atoms with van der Waals surface area (Å²) in [5, 5.41) is 13.6. The lowest BCUT2D eigenvalue weighted by Gasteiger charge is -2.41. The van der Waals surface area contributed by atoms with E-state index in [-0.39, 0.29) is 22.8 Å².